The van der Waals surface area contributed by atoms with Crippen LogP contribution in [0.1, 0.15) is 34.1 Å². The van der Waals surface area contributed by atoms with Crippen LogP contribution in [0.2, 0.25) is 0 Å². The minimum Gasteiger partial charge on any atom is -0.479 e. The van der Waals surface area contributed by atoms with Crippen molar-refractivity contribution in [2.45, 2.75) is 46.3 Å². The fraction of sp³-hybridized carbons (Fsp3) is 0.833. The van der Waals surface area contributed by atoms with Gasteiger partial charge in [0.1, 0.15) is 0 Å². The van der Waals surface area contributed by atoms with Gasteiger partial charge in [-0.1, -0.05) is 20.8 Å². The van der Waals surface area contributed by atoms with Gasteiger partial charge in [0.15, 0.2) is 6.10 Å². The van der Waals surface area contributed by atoms with Crippen LogP contribution in [0, 0.1) is 5.41 Å². The molecule has 1 aliphatic rings. The molecule has 0 aromatic heterocycles. The van der Waals surface area contributed by atoms with Gasteiger partial charge in [-0.2, -0.15) is 0 Å². The summed E-state index contributed by atoms with van der Waals surface area (Å²) in [5, 5.41) is 8.95. The maximum Gasteiger partial charge on any atom is 0.334 e. The van der Waals surface area contributed by atoms with Crippen LogP contribution >= 0.6 is 0 Å². The number of carbonyl (C=O) groups excluding carboxylic acids is 1. The number of hydrogen-bond donors (Lipinski definition) is 1. The number of hydrogen-bond acceptors (Lipinski definition) is 3. The summed E-state index contributed by atoms with van der Waals surface area (Å²) in [6.07, 6.45) is -0.410. The van der Waals surface area contributed by atoms with Crippen LogP contribution in [-0.4, -0.2) is 47.2 Å². The molecule has 17 heavy (non-hydrogen) atoms. The molecule has 0 radical (unpaired) electrons. The molecule has 1 N–H and O–H groups in total. The number of amides is 1. The van der Waals surface area contributed by atoms with Crippen molar-refractivity contribution in [2.24, 2.45) is 5.41 Å². The third-order valence-electron chi connectivity index (χ3n) is 3.29. The van der Waals surface area contributed by atoms with Crippen molar-refractivity contribution in [3.8, 4) is 0 Å². The highest BCUT2D eigenvalue weighted by Gasteiger charge is 2.37. The van der Waals surface area contributed by atoms with Gasteiger partial charge >= 0.3 is 5.97 Å². The standard InChI is InChI=1S/C12H21NO4/c1-5-12(3,4)11(16)13-6-8(2)17-9(7-13)10(14)15/h8-9H,5-7H2,1-4H3,(H,14,15)/t8-,9?/m1/s1. The monoisotopic (exact) mass is 243 g/mol. The second-order valence-electron chi connectivity index (χ2n) is 5.22. The first-order valence-corrected chi connectivity index (χ1v) is 5.95. The topological polar surface area (TPSA) is 66.8 Å². The van der Waals surface area contributed by atoms with E-state index >= 15 is 0 Å². The molecule has 1 fully saturated rings. The molecule has 0 spiro atoms. The fourth-order valence-corrected chi connectivity index (χ4v) is 1.83. The molecule has 0 aromatic carbocycles. The molecule has 0 aromatic rings. The molecular weight excluding hydrogens is 222 g/mol. The zero-order chi connectivity index (χ0) is 13.2. The quantitative estimate of drug-likeness (QED) is 0.806. The fourth-order valence-electron chi connectivity index (χ4n) is 1.83. The summed E-state index contributed by atoms with van der Waals surface area (Å²) in [6, 6.07) is 0. The Labute approximate surface area is 102 Å². The molecule has 1 rings (SSSR count). The van der Waals surface area contributed by atoms with Gasteiger partial charge in [0, 0.05) is 12.0 Å². The van der Waals surface area contributed by atoms with Crippen LogP contribution in [0.4, 0.5) is 0 Å². The Bertz CT molecular complexity index is 314. The lowest BCUT2D eigenvalue weighted by Crippen LogP contribution is -2.54. The second kappa shape index (κ2) is 5.04. The first kappa shape index (κ1) is 14.0. The van der Waals surface area contributed by atoms with Gasteiger partial charge in [0.2, 0.25) is 5.91 Å². The van der Waals surface area contributed by atoms with E-state index in [0.717, 1.165) is 6.42 Å². The highest BCUT2D eigenvalue weighted by Crippen LogP contribution is 2.25. The van der Waals surface area contributed by atoms with E-state index in [1.807, 2.05) is 20.8 Å². The number of carbonyl (C=O) groups is 2. The van der Waals surface area contributed by atoms with E-state index in [2.05, 4.69) is 0 Å². The molecule has 98 valence electrons. The Morgan fingerprint density at radius 3 is 2.47 bits per heavy atom. The number of carboxylic acid groups (broad SMARTS) is 1. The summed E-state index contributed by atoms with van der Waals surface area (Å²) in [7, 11) is 0. The summed E-state index contributed by atoms with van der Waals surface area (Å²) in [5.41, 5.74) is -0.444. The van der Waals surface area contributed by atoms with Gasteiger partial charge in [-0.25, -0.2) is 4.79 Å². The first-order valence-electron chi connectivity index (χ1n) is 5.95. The second-order valence-corrected chi connectivity index (χ2v) is 5.22. The molecule has 5 heteroatoms. The van der Waals surface area contributed by atoms with Gasteiger partial charge in [0.05, 0.1) is 12.6 Å². The lowest BCUT2D eigenvalue weighted by Gasteiger charge is -2.38. The SMILES string of the molecule is CCC(C)(C)C(=O)N1CC(C(=O)O)O[C@H](C)C1. The van der Waals surface area contributed by atoms with Crippen molar-refractivity contribution in [1.29, 1.82) is 0 Å². The summed E-state index contributed by atoms with van der Waals surface area (Å²) >= 11 is 0. The summed E-state index contributed by atoms with van der Waals surface area (Å²) in [6.45, 7) is 8.11. The van der Waals surface area contributed by atoms with Gasteiger partial charge in [-0.3, -0.25) is 4.79 Å². The van der Waals surface area contributed by atoms with Gasteiger partial charge in [0.25, 0.3) is 0 Å². The third kappa shape index (κ3) is 3.19. The Kier molecular flexibility index (Phi) is 4.14. The van der Waals surface area contributed by atoms with E-state index in [-0.39, 0.29) is 18.6 Å². The lowest BCUT2D eigenvalue weighted by atomic mass is 9.88. The highest BCUT2D eigenvalue weighted by molar-refractivity contribution is 5.83. The van der Waals surface area contributed by atoms with Crippen molar-refractivity contribution in [3.05, 3.63) is 0 Å². The molecule has 1 aliphatic heterocycles. The Morgan fingerprint density at radius 2 is 2.00 bits per heavy atom. The predicted molar refractivity (Wildman–Crippen MR) is 62.6 cm³/mol. The van der Waals surface area contributed by atoms with E-state index in [1.54, 1.807) is 11.8 Å². The predicted octanol–water partition coefficient (Wildman–Crippen LogP) is 1.12. The summed E-state index contributed by atoms with van der Waals surface area (Å²) in [5.74, 6) is -1.01. The van der Waals surface area contributed by atoms with E-state index in [9.17, 15) is 9.59 Å². The van der Waals surface area contributed by atoms with Crippen LogP contribution in [-0.2, 0) is 14.3 Å². The average molecular weight is 243 g/mol. The molecule has 5 nitrogen and oxygen atoms in total. The Morgan fingerprint density at radius 1 is 1.41 bits per heavy atom. The molecule has 1 saturated heterocycles. The van der Waals surface area contributed by atoms with Gasteiger partial charge in [-0.05, 0) is 13.3 Å². The van der Waals surface area contributed by atoms with Crippen LogP contribution in [0.5, 0.6) is 0 Å². The Hall–Kier alpha value is -1.10. The molecular formula is C12H21NO4. The highest BCUT2D eigenvalue weighted by atomic mass is 16.5. The molecule has 1 unspecified atom stereocenters. The zero-order valence-corrected chi connectivity index (χ0v) is 10.9. The van der Waals surface area contributed by atoms with Crippen molar-refractivity contribution in [3.63, 3.8) is 0 Å². The van der Waals surface area contributed by atoms with Crippen molar-refractivity contribution >= 4 is 11.9 Å². The number of carboxylic acids is 1. The van der Waals surface area contributed by atoms with Gasteiger partial charge in [-0.15, -0.1) is 0 Å². The minimum absolute atomic E-state index is 0.00130. The summed E-state index contributed by atoms with van der Waals surface area (Å²) in [4.78, 5) is 24.8. The maximum atomic E-state index is 12.2. The van der Waals surface area contributed by atoms with Crippen LogP contribution in [0.25, 0.3) is 0 Å². The number of aliphatic carboxylic acids is 1. The van der Waals surface area contributed by atoms with Crippen LogP contribution in [0.3, 0.4) is 0 Å². The van der Waals surface area contributed by atoms with Crippen LogP contribution in [0.15, 0.2) is 0 Å². The smallest absolute Gasteiger partial charge is 0.334 e. The van der Waals surface area contributed by atoms with E-state index in [4.69, 9.17) is 9.84 Å². The zero-order valence-electron chi connectivity index (χ0n) is 10.9. The van der Waals surface area contributed by atoms with E-state index in [0.29, 0.717) is 6.54 Å². The average Bonchev–Trinajstić information content (AvgIpc) is 2.27. The first-order chi connectivity index (χ1) is 7.77. The normalized spacial score (nSPS) is 25.8. The number of rotatable bonds is 3. The van der Waals surface area contributed by atoms with Crippen LogP contribution < -0.4 is 0 Å². The molecule has 1 amide bonds. The lowest BCUT2D eigenvalue weighted by molar-refractivity contribution is -0.169. The number of ether oxygens (including phenoxy) is 1. The molecule has 0 bridgehead atoms. The number of nitrogens with zero attached hydrogens (tertiary/aromatic N) is 1. The number of morpholine rings is 1. The van der Waals surface area contributed by atoms with E-state index < -0.39 is 17.5 Å². The molecule has 0 aliphatic carbocycles. The Balaban J connectivity index is 2.77. The summed E-state index contributed by atoms with van der Waals surface area (Å²) < 4.78 is 5.28. The minimum atomic E-state index is -1.01. The van der Waals surface area contributed by atoms with Gasteiger partial charge < -0.3 is 14.7 Å². The van der Waals surface area contributed by atoms with Crippen molar-refractivity contribution in [1.82, 2.24) is 4.90 Å². The third-order valence-corrected chi connectivity index (χ3v) is 3.29. The maximum absolute atomic E-state index is 12.2. The van der Waals surface area contributed by atoms with Crippen molar-refractivity contribution < 1.29 is 19.4 Å². The molecule has 0 saturated carbocycles. The molecule has 1 heterocycles. The largest absolute Gasteiger partial charge is 0.479 e. The van der Waals surface area contributed by atoms with E-state index in [1.165, 1.54) is 0 Å². The van der Waals surface area contributed by atoms with Crippen molar-refractivity contribution in [2.75, 3.05) is 13.1 Å². The molecule has 2 atom stereocenters.